The van der Waals surface area contributed by atoms with Crippen molar-refractivity contribution >= 4 is 12.1 Å². The zero-order valence-corrected chi connectivity index (χ0v) is 20.9. The Hall–Kier alpha value is -3.80. The van der Waals surface area contributed by atoms with Crippen LogP contribution in [0.5, 0.6) is 5.75 Å². The first-order chi connectivity index (χ1) is 18.1. The number of carbonyl (C=O) groups is 2. The lowest BCUT2D eigenvalue weighted by Crippen LogP contribution is -2.42. The van der Waals surface area contributed by atoms with Crippen LogP contribution in [0.25, 0.3) is 11.1 Å². The molecule has 0 heterocycles. The summed E-state index contributed by atoms with van der Waals surface area (Å²) >= 11 is 0. The molecule has 2 aliphatic carbocycles. The van der Waals surface area contributed by atoms with Crippen LogP contribution in [0.2, 0.25) is 0 Å². The number of carboxylic acid groups (broad SMARTS) is 1. The van der Waals surface area contributed by atoms with Gasteiger partial charge in [-0.3, -0.25) is 0 Å². The summed E-state index contributed by atoms with van der Waals surface area (Å²) in [6, 6.07) is 22.5. The number of carbonyl (C=O) groups excluding carboxylic acids is 1. The van der Waals surface area contributed by atoms with E-state index in [1.165, 1.54) is 25.7 Å². The van der Waals surface area contributed by atoms with E-state index >= 15 is 0 Å². The molecule has 0 radical (unpaired) electrons. The molecular weight excluding hydrogens is 466 g/mol. The lowest BCUT2D eigenvalue weighted by molar-refractivity contribution is -0.139. The van der Waals surface area contributed by atoms with Crippen molar-refractivity contribution in [1.82, 2.24) is 5.32 Å². The molecule has 0 unspecified atom stereocenters. The summed E-state index contributed by atoms with van der Waals surface area (Å²) in [6.45, 7) is 0.837. The van der Waals surface area contributed by atoms with Crippen molar-refractivity contribution in [2.24, 2.45) is 5.92 Å². The van der Waals surface area contributed by atoms with Crippen molar-refractivity contribution in [2.75, 3.05) is 13.2 Å². The first-order valence-electron chi connectivity index (χ1n) is 13.1. The number of benzene rings is 3. The molecule has 1 fully saturated rings. The van der Waals surface area contributed by atoms with Crippen molar-refractivity contribution in [2.45, 2.75) is 50.5 Å². The van der Waals surface area contributed by atoms with Gasteiger partial charge in [0, 0.05) is 12.3 Å². The average molecular weight is 500 g/mol. The molecule has 0 spiro atoms. The fourth-order valence-electron chi connectivity index (χ4n) is 5.58. The van der Waals surface area contributed by atoms with Crippen LogP contribution < -0.4 is 10.1 Å². The molecule has 3 aromatic rings. The zero-order chi connectivity index (χ0) is 25.6. The van der Waals surface area contributed by atoms with E-state index in [0.29, 0.717) is 6.61 Å². The first kappa shape index (κ1) is 24.9. The van der Waals surface area contributed by atoms with Crippen LogP contribution in [-0.2, 0) is 16.0 Å². The standard InChI is InChI=1S/C31H33NO5/c33-30(34)29(19-22-13-15-23(16-14-22)36-18-17-21-7-1-2-8-21)32-31(35)37-20-28-26-11-5-3-9-24(26)25-10-4-6-12-27(25)28/h3-6,9-16,21,28-29H,1-2,7-8,17-20H2,(H,32,35)(H,33,34)/t29-/m0/s1. The highest BCUT2D eigenvalue weighted by Gasteiger charge is 2.29. The van der Waals surface area contributed by atoms with Gasteiger partial charge in [0.25, 0.3) is 0 Å². The quantitative estimate of drug-likeness (QED) is 0.348. The van der Waals surface area contributed by atoms with Gasteiger partial charge in [0.05, 0.1) is 6.61 Å². The van der Waals surface area contributed by atoms with Gasteiger partial charge in [-0.1, -0.05) is 86.3 Å². The van der Waals surface area contributed by atoms with Crippen LogP contribution in [-0.4, -0.2) is 36.4 Å². The van der Waals surface area contributed by atoms with Crippen LogP contribution in [0.3, 0.4) is 0 Å². The molecule has 192 valence electrons. The third kappa shape index (κ3) is 5.96. The second-order valence-corrected chi connectivity index (χ2v) is 10.00. The van der Waals surface area contributed by atoms with Crippen LogP contribution in [0.4, 0.5) is 4.79 Å². The van der Waals surface area contributed by atoms with Crippen LogP contribution in [0.1, 0.15) is 54.7 Å². The highest BCUT2D eigenvalue weighted by atomic mass is 16.5. The van der Waals surface area contributed by atoms with E-state index in [0.717, 1.165) is 45.9 Å². The highest BCUT2D eigenvalue weighted by Crippen LogP contribution is 2.44. The van der Waals surface area contributed by atoms with Crippen molar-refractivity contribution in [3.8, 4) is 16.9 Å². The minimum absolute atomic E-state index is 0.0809. The van der Waals surface area contributed by atoms with Gasteiger partial charge >= 0.3 is 12.1 Å². The fraction of sp³-hybridized carbons (Fsp3) is 0.355. The molecule has 6 nitrogen and oxygen atoms in total. The molecule has 1 atom stereocenters. The molecule has 6 heteroatoms. The SMILES string of the molecule is O=C(N[C@@H](Cc1ccc(OCCC2CCCC2)cc1)C(=O)O)OCC1c2ccccc2-c2ccccc21. The number of hydrogen-bond acceptors (Lipinski definition) is 4. The van der Waals surface area contributed by atoms with E-state index < -0.39 is 18.1 Å². The molecule has 1 amide bonds. The Morgan fingerprint density at radius 1 is 0.892 bits per heavy atom. The van der Waals surface area contributed by atoms with Crippen molar-refractivity contribution in [3.05, 3.63) is 89.5 Å². The van der Waals surface area contributed by atoms with Crippen LogP contribution in [0, 0.1) is 5.92 Å². The molecule has 2 aliphatic rings. The summed E-state index contributed by atoms with van der Waals surface area (Å²) in [6.07, 6.45) is 5.75. The average Bonchev–Trinajstić information content (AvgIpc) is 3.54. The van der Waals surface area contributed by atoms with Gasteiger partial charge < -0.3 is 19.9 Å². The summed E-state index contributed by atoms with van der Waals surface area (Å²) < 4.78 is 11.4. The largest absolute Gasteiger partial charge is 0.494 e. The van der Waals surface area contributed by atoms with Crippen LogP contribution in [0.15, 0.2) is 72.8 Å². The normalized spacial score (nSPS) is 15.6. The predicted octanol–water partition coefficient (Wildman–Crippen LogP) is 6.18. The van der Waals surface area contributed by atoms with E-state index in [1.807, 2.05) is 60.7 Å². The monoisotopic (exact) mass is 499 g/mol. The minimum atomic E-state index is -1.11. The fourth-order valence-corrected chi connectivity index (χ4v) is 5.58. The number of carboxylic acids is 1. The minimum Gasteiger partial charge on any atom is -0.494 e. The summed E-state index contributed by atoms with van der Waals surface area (Å²) in [7, 11) is 0. The Balaban J connectivity index is 1.14. The number of hydrogen-bond donors (Lipinski definition) is 2. The number of ether oxygens (including phenoxy) is 2. The van der Waals surface area contributed by atoms with Gasteiger partial charge in [-0.2, -0.15) is 0 Å². The van der Waals surface area contributed by atoms with Gasteiger partial charge in [0.2, 0.25) is 0 Å². The van der Waals surface area contributed by atoms with Crippen molar-refractivity contribution in [1.29, 1.82) is 0 Å². The Morgan fingerprint density at radius 3 is 2.14 bits per heavy atom. The lowest BCUT2D eigenvalue weighted by atomic mass is 9.98. The number of aliphatic carboxylic acids is 1. The number of fused-ring (bicyclic) bond motifs is 3. The summed E-state index contributed by atoms with van der Waals surface area (Å²) in [5, 5.41) is 12.2. The molecule has 0 saturated heterocycles. The second-order valence-electron chi connectivity index (χ2n) is 10.00. The predicted molar refractivity (Wildman–Crippen MR) is 142 cm³/mol. The van der Waals surface area contributed by atoms with Crippen LogP contribution >= 0.6 is 0 Å². The molecule has 2 N–H and O–H groups in total. The first-order valence-corrected chi connectivity index (χ1v) is 13.1. The number of alkyl carbamates (subject to hydrolysis) is 1. The maximum atomic E-state index is 12.6. The summed E-state index contributed by atoms with van der Waals surface area (Å²) in [5.41, 5.74) is 5.30. The molecule has 0 aliphatic heterocycles. The lowest BCUT2D eigenvalue weighted by Gasteiger charge is -2.18. The third-order valence-corrected chi connectivity index (χ3v) is 7.57. The van der Waals surface area contributed by atoms with Crippen molar-refractivity contribution in [3.63, 3.8) is 0 Å². The van der Waals surface area contributed by atoms with Gasteiger partial charge in [0.15, 0.2) is 0 Å². The van der Waals surface area contributed by atoms with Gasteiger partial charge in [0.1, 0.15) is 18.4 Å². The third-order valence-electron chi connectivity index (χ3n) is 7.57. The van der Waals surface area contributed by atoms with Gasteiger partial charge in [-0.05, 0) is 52.3 Å². The van der Waals surface area contributed by atoms with Gasteiger partial charge in [-0.25, -0.2) is 9.59 Å². The Bertz CT molecular complexity index is 1190. The Labute approximate surface area is 217 Å². The van der Waals surface area contributed by atoms with E-state index in [1.54, 1.807) is 0 Å². The zero-order valence-electron chi connectivity index (χ0n) is 20.9. The molecule has 1 saturated carbocycles. The van der Waals surface area contributed by atoms with Gasteiger partial charge in [-0.15, -0.1) is 0 Å². The molecular formula is C31H33NO5. The maximum Gasteiger partial charge on any atom is 0.407 e. The smallest absolute Gasteiger partial charge is 0.407 e. The molecule has 5 rings (SSSR count). The molecule has 37 heavy (non-hydrogen) atoms. The molecule has 0 bridgehead atoms. The van der Waals surface area contributed by atoms with E-state index in [9.17, 15) is 14.7 Å². The maximum absolute atomic E-state index is 12.6. The summed E-state index contributed by atoms with van der Waals surface area (Å²) in [4.78, 5) is 24.5. The molecule has 3 aromatic carbocycles. The van der Waals surface area contributed by atoms with E-state index in [2.05, 4.69) is 17.4 Å². The van der Waals surface area contributed by atoms with E-state index in [4.69, 9.17) is 9.47 Å². The summed E-state index contributed by atoms with van der Waals surface area (Å²) in [5.74, 6) is 0.366. The van der Waals surface area contributed by atoms with Crippen molar-refractivity contribution < 1.29 is 24.2 Å². The molecule has 0 aromatic heterocycles. The number of amides is 1. The Morgan fingerprint density at radius 2 is 1.51 bits per heavy atom. The number of nitrogens with one attached hydrogen (secondary N) is 1. The second kappa shape index (κ2) is 11.5. The van der Waals surface area contributed by atoms with E-state index in [-0.39, 0.29) is 18.9 Å². The number of rotatable bonds is 10. The highest BCUT2D eigenvalue weighted by molar-refractivity contribution is 5.81. The Kier molecular flexibility index (Phi) is 7.73. The topological polar surface area (TPSA) is 84.9 Å².